The van der Waals surface area contributed by atoms with E-state index in [1.54, 1.807) is 0 Å². The van der Waals surface area contributed by atoms with Crippen LogP contribution in [0.3, 0.4) is 0 Å². The Hall–Kier alpha value is -1.82. The summed E-state index contributed by atoms with van der Waals surface area (Å²) in [6, 6.07) is 0. The molecule has 6 heteroatoms. The first kappa shape index (κ1) is 12.3. The number of nitrogens with two attached hydrogens (primary N) is 1. The number of hydrazine groups is 1. The molecule has 0 atom stereocenters. The molecule has 1 heterocycles. The molecule has 0 aliphatic carbocycles. The highest BCUT2D eigenvalue weighted by molar-refractivity contribution is 5.54. The summed E-state index contributed by atoms with van der Waals surface area (Å²) in [6.45, 7) is 4.18. The molecule has 16 heavy (non-hydrogen) atoms. The van der Waals surface area contributed by atoms with E-state index in [2.05, 4.69) is 22.0 Å². The third-order valence-electron chi connectivity index (χ3n) is 1.90. The Labute approximate surface area is 94.5 Å². The van der Waals surface area contributed by atoms with Crippen molar-refractivity contribution in [3.8, 4) is 11.6 Å². The molecule has 0 radical (unpaired) electrons. The van der Waals surface area contributed by atoms with Crippen molar-refractivity contribution in [3.63, 3.8) is 0 Å². The number of ether oxygens (including phenoxy) is 2. The fourth-order valence-corrected chi connectivity index (χ4v) is 1.14. The van der Waals surface area contributed by atoms with Gasteiger partial charge in [0.25, 0.3) is 5.88 Å². The Morgan fingerprint density at radius 2 is 2.38 bits per heavy atom. The molecule has 88 valence electrons. The molecular formula is C10H16N4O2. The first-order valence-corrected chi connectivity index (χ1v) is 4.92. The monoisotopic (exact) mass is 224 g/mol. The first-order valence-electron chi connectivity index (χ1n) is 4.92. The van der Waals surface area contributed by atoms with Crippen LogP contribution in [0.5, 0.6) is 11.6 Å². The lowest BCUT2D eigenvalue weighted by molar-refractivity contribution is 0.278. The molecule has 0 aromatic carbocycles. The van der Waals surface area contributed by atoms with E-state index >= 15 is 0 Å². The normalized spacial score (nSPS) is 9.62. The average Bonchev–Trinajstić information content (AvgIpc) is 2.34. The fraction of sp³-hybridized carbons (Fsp3) is 0.400. The Balaban J connectivity index is 2.67. The average molecular weight is 224 g/mol. The van der Waals surface area contributed by atoms with Gasteiger partial charge < -0.3 is 14.9 Å². The van der Waals surface area contributed by atoms with E-state index in [-0.39, 0.29) is 0 Å². The van der Waals surface area contributed by atoms with Crippen LogP contribution in [0.25, 0.3) is 0 Å². The zero-order valence-corrected chi connectivity index (χ0v) is 9.27. The molecule has 6 nitrogen and oxygen atoms in total. The van der Waals surface area contributed by atoms with Gasteiger partial charge in [-0.15, -0.1) is 6.58 Å². The van der Waals surface area contributed by atoms with Crippen LogP contribution >= 0.6 is 0 Å². The second kappa shape index (κ2) is 6.62. The summed E-state index contributed by atoms with van der Waals surface area (Å²) in [5, 5.41) is 0. The highest BCUT2D eigenvalue weighted by Gasteiger charge is 2.11. The van der Waals surface area contributed by atoms with E-state index < -0.39 is 0 Å². The van der Waals surface area contributed by atoms with Gasteiger partial charge >= 0.3 is 0 Å². The smallest absolute Gasteiger partial charge is 0.262 e. The number of unbranched alkanes of at least 4 members (excludes halogenated alkanes) is 1. The second-order valence-corrected chi connectivity index (χ2v) is 2.98. The zero-order chi connectivity index (χ0) is 11.8. The summed E-state index contributed by atoms with van der Waals surface area (Å²) < 4.78 is 10.6. The molecule has 0 unspecified atom stereocenters. The van der Waals surface area contributed by atoms with Crippen molar-refractivity contribution in [3.05, 3.63) is 19.0 Å². The summed E-state index contributed by atoms with van der Waals surface area (Å²) in [5.41, 5.74) is 2.42. The SMILES string of the molecule is C=CCCCOc1ncnc(NN)c1OC. The zero-order valence-electron chi connectivity index (χ0n) is 9.27. The van der Waals surface area contributed by atoms with Crippen LogP contribution in [-0.2, 0) is 0 Å². The van der Waals surface area contributed by atoms with E-state index in [4.69, 9.17) is 15.3 Å². The van der Waals surface area contributed by atoms with Gasteiger partial charge in [0.2, 0.25) is 5.75 Å². The summed E-state index contributed by atoms with van der Waals surface area (Å²) in [4.78, 5) is 7.88. The molecular weight excluding hydrogens is 208 g/mol. The number of aromatic nitrogens is 2. The minimum Gasteiger partial charge on any atom is -0.489 e. The Bertz CT molecular complexity index is 344. The summed E-state index contributed by atoms with van der Waals surface area (Å²) in [7, 11) is 1.51. The van der Waals surface area contributed by atoms with Gasteiger partial charge in [-0.1, -0.05) is 6.08 Å². The van der Waals surface area contributed by atoms with Crippen LogP contribution in [0.2, 0.25) is 0 Å². The van der Waals surface area contributed by atoms with Gasteiger partial charge in [-0.3, -0.25) is 0 Å². The van der Waals surface area contributed by atoms with Crippen molar-refractivity contribution in [2.45, 2.75) is 12.8 Å². The highest BCUT2D eigenvalue weighted by atomic mass is 16.5. The number of allylic oxidation sites excluding steroid dienone is 1. The molecule has 1 rings (SSSR count). The van der Waals surface area contributed by atoms with Crippen molar-refractivity contribution >= 4 is 5.82 Å². The van der Waals surface area contributed by atoms with Gasteiger partial charge in [0.15, 0.2) is 5.82 Å². The lowest BCUT2D eigenvalue weighted by atomic mass is 10.3. The molecule has 0 amide bonds. The number of anilines is 1. The molecule has 0 bridgehead atoms. The van der Waals surface area contributed by atoms with Crippen LogP contribution in [0.15, 0.2) is 19.0 Å². The molecule has 0 saturated carbocycles. The maximum Gasteiger partial charge on any atom is 0.262 e. The Morgan fingerprint density at radius 1 is 1.56 bits per heavy atom. The summed E-state index contributed by atoms with van der Waals surface area (Å²) in [6.07, 6.45) is 4.98. The molecule has 1 aromatic rings. The number of nitrogens with one attached hydrogen (secondary N) is 1. The number of nitrogens with zero attached hydrogens (tertiary/aromatic N) is 2. The van der Waals surface area contributed by atoms with Gasteiger partial charge in [0, 0.05) is 0 Å². The van der Waals surface area contributed by atoms with Crippen LogP contribution < -0.4 is 20.7 Å². The van der Waals surface area contributed by atoms with Crippen molar-refractivity contribution in [2.24, 2.45) is 5.84 Å². The summed E-state index contributed by atoms with van der Waals surface area (Å²) >= 11 is 0. The topological polar surface area (TPSA) is 82.3 Å². The quantitative estimate of drug-likeness (QED) is 0.312. The van der Waals surface area contributed by atoms with E-state index in [0.717, 1.165) is 12.8 Å². The first-order chi connectivity index (χ1) is 7.83. The van der Waals surface area contributed by atoms with Crippen LogP contribution in [0.1, 0.15) is 12.8 Å². The van der Waals surface area contributed by atoms with Crippen molar-refractivity contribution in [1.29, 1.82) is 0 Å². The van der Waals surface area contributed by atoms with Gasteiger partial charge in [-0.25, -0.2) is 10.8 Å². The van der Waals surface area contributed by atoms with E-state index in [1.807, 2.05) is 6.08 Å². The van der Waals surface area contributed by atoms with Crippen molar-refractivity contribution < 1.29 is 9.47 Å². The third-order valence-corrected chi connectivity index (χ3v) is 1.90. The maximum atomic E-state index is 5.45. The number of methoxy groups -OCH3 is 1. The fourth-order valence-electron chi connectivity index (χ4n) is 1.14. The lowest BCUT2D eigenvalue weighted by Crippen LogP contribution is -2.11. The molecule has 1 aromatic heterocycles. The lowest BCUT2D eigenvalue weighted by Gasteiger charge is -2.11. The largest absolute Gasteiger partial charge is 0.489 e. The Kier molecular flexibility index (Phi) is 5.07. The van der Waals surface area contributed by atoms with Crippen molar-refractivity contribution in [1.82, 2.24) is 9.97 Å². The van der Waals surface area contributed by atoms with Crippen LogP contribution in [-0.4, -0.2) is 23.7 Å². The summed E-state index contributed by atoms with van der Waals surface area (Å²) in [5.74, 6) is 6.47. The van der Waals surface area contributed by atoms with E-state index in [9.17, 15) is 0 Å². The Morgan fingerprint density at radius 3 is 3.00 bits per heavy atom. The minimum atomic E-state index is 0.384. The van der Waals surface area contributed by atoms with Gasteiger partial charge in [0.1, 0.15) is 6.33 Å². The molecule has 0 aliphatic rings. The van der Waals surface area contributed by atoms with Gasteiger partial charge in [0.05, 0.1) is 13.7 Å². The molecule has 0 spiro atoms. The number of rotatable bonds is 7. The number of hydrogen-bond acceptors (Lipinski definition) is 6. The molecule has 0 fully saturated rings. The van der Waals surface area contributed by atoms with E-state index in [0.29, 0.717) is 24.1 Å². The van der Waals surface area contributed by atoms with E-state index in [1.165, 1.54) is 13.4 Å². The number of hydrogen-bond donors (Lipinski definition) is 2. The maximum absolute atomic E-state index is 5.45. The standard InChI is InChI=1S/C10H16N4O2/c1-3-4-5-6-16-10-8(15-2)9(14-11)12-7-13-10/h3,7H,1,4-6,11H2,2H3,(H,12,13,14). The number of nitrogen functional groups attached to an aromatic ring is 1. The highest BCUT2D eigenvalue weighted by Crippen LogP contribution is 2.30. The van der Waals surface area contributed by atoms with Gasteiger partial charge in [-0.2, -0.15) is 4.98 Å². The third kappa shape index (κ3) is 3.09. The second-order valence-electron chi connectivity index (χ2n) is 2.98. The predicted octanol–water partition coefficient (Wildman–Crippen LogP) is 1.12. The minimum absolute atomic E-state index is 0.384. The molecule has 3 N–H and O–H groups in total. The van der Waals surface area contributed by atoms with Gasteiger partial charge in [-0.05, 0) is 12.8 Å². The molecule has 0 aliphatic heterocycles. The molecule has 0 saturated heterocycles. The van der Waals surface area contributed by atoms with Crippen molar-refractivity contribution in [2.75, 3.05) is 19.1 Å². The van der Waals surface area contributed by atoms with Crippen LogP contribution in [0.4, 0.5) is 5.82 Å². The van der Waals surface area contributed by atoms with Crippen LogP contribution in [0, 0.1) is 0 Å². The predicted molar refractivity (Wildman–Crippen MR) is 61.3 cm³/mol.